The summed E-state index contributed by atoms with van der Waals surface area (Å²) < 4.78 is 37.5. The van der Waals surface area contributed by atoms with Crippen molar-refractivity contribution in [1.82, 2.24) is 4.72 Å². The van der Waals surface area contributed by atoms with Crippen molar-refractivity contribution in [1.29, 1.82) is 0 Å². The van der Waals surface area contributed by atoms with Crippen molar-refractivity contribution in [3.05, 3.63) is 29.8 Å². The Morgan fingerprint density at radius 3 is 2.35 bits per heavy atom. The van der Waals surface area contributed by atoms with E-state index in [0.717, 1.165) is 5.56 Å². The molecular formula is C11H14FNO3S. The highest BCUT2D eigenvalue weighted by atomic mass is 32.2. The molecule has 1 atom stereocenters. The standard InChI is InChI=1S/C11H14FNO3S/c1-8-3-5-10(6-4-8)17(15,16)13-11(14)9(2)7-12/h3-6,9H,7H2,1-2H3,(H,13,14). The van der Waals surface area contributed by atoms with Gasteiger partial charge in [0.2, 0.25) is 5.91 Å². The molecule has 0 aromatic heterocycles. The summed E-state index contributed by atoms with van der Waals surface area (Å²) in [5.41, 5.74) is 0.910. The molecule has 0 spiro atoms. The maximum absolute atomic E-state index is 12.2. The lowest BCUT2D eigenvalue weighted by molar-refractivity contribution is -0.123. The van der Waals surface area contributed by atoms with Crippen LogP contribution < -0.4 is 4.72 Å². The minimum absolute atomic E-state index is 0.0116. The first kappa shape index (κ1) is 13.6. The van der Waals surface area contributed by atoms with Crippen LogP contribution in [0.25, 0.3) is 0 Å². The van der Waals surface area contributed by atoms with Crippen molar-refractivity contribution >= 4 is 15.9 Å². The molecule has 1 rings (SSSR count). The number of hydrogen-bond donors (Lipinski definition) is 1. The molecule has 6 heteroatoms. The number of amides is 1. The van der Waals surface area contributed by atoms with Crippen LogP contribution >= 0.6 is 0 Å². The zero-order valence-corrected chi connectivity index (χ0v) is 10.4. The normalized spacial score (nSPS) is 13.1. The van der Waals surface area contributed by atoms with Gasteiger partial charge in [-0.25, -0.2) is 13.1 Å². The van der Waals surface area contributed by atoms with E-state index < -0.39 is 28.5 Å². The molecule has 0 heterocycles. The largest absolute Gasteiger partial charge is 0.274 e. The molecule has 0 saturated heterocycles. The van der Waals surface area contributed by atoms with Gasteiger partial charge in [-0.05, 0) is 19.1 Å². The van der Waals surface area contributed by atoms with E-state index >= 15 is 0 Å². The van der Waals surface area contributed by atoms with Crippen LogP contribution in [0.4, 0.5) is 4.39 Å². The van der Waals surface area contributed by atoms with Crippen molar-refractivity contribution in [2.75, 3.05) is 6.67 Å². The first-order chi connectivity index (χ1) is 7.86. The van der Waals surface area contributed by atoms with Gasteiger partial charge >= 0.3 is 0 Å². The molecule has 1 aromatic carbocycles. The van der Waals surface area contributed by atoms with Crippen molar-refractivity contribution in [2.45, 2.75) is 18.7 Å². The number of hydrogen-bond acceptors (Lipinski definition) is 3. The van der Waals surface area contributed by atoms with Gasteiger partial charge in [0, 0.05) is 0 Å². The monoisotopic (exact) mass is 259 g/mol. The van der Waals surface area contributed by atoms with Gasteiger partial charge in [-0.15, -0.1) is 0 Å². The molecule has 1 amide bonds. The Balaban J connectivity index is 2.89. The van der Waals surface area contributed by atoms with E-state index in [1.54, 1.807) is 12.1 Å². The third-order valence-electron chi connectivity index (χ3n) is 2.25. The third kappa shape index (κ3) is 3.52. The summed E-state index contributed by atoms with van der Waals surface area (Å²) in [5.74, 6) is -1.82. The highest BCUT2D eigenvalue weighted by molar-refractivity contribution is 7.90. The van der Waals surface area contributed by atoms with Gasteiger partial charge in [-0.3, -0.25) is 9.18 Å². The Labute approximate surface area is 99.9 Å². The van der Waals surface area contributed by atoms with Gasteiger partial charge in [0.1, 0.15) is 6.67 Å². The van der Waals surface area contributed by atoms with E-state index in [4.69, 9.17) is 0 Å². The number of alkyl halides is 1. The molecule has 0 aliphatic heterocycles. The van der Waals surface area contributed by atoms with Gasteiger partial charge in [0.25, 0.3) is 10.0 Å². The predicted molar refractivity (Wildman–Crippen MR) is 61.6 cm³/mol. The second-order valence-corrected chi connectivity index (χ2v) is 5.52. The topological polar surface area (TPSA) is 63.2 Å². The minimum Gasteiger partial charge on any atom is -0.274 e. The Hall–Kier alpha value is -1.43. The average Bonchev–Trinajstić information content (AvgIpc) is 2.27. The van der Waals surface area contributed by atoms with Crippen LogP contribution in [-0.4, -0.2) is 21.0 Å². The summed E-state index contributed by atoms with van der Waals surface area (Å²) in [5, 5.41) is 0. The van der Waals surface area contributed by atoms with Crippen molar-refractivity contribution in [3.63, 3.8) is 0 Å². The van der Waals surface area contributed by atoms with Gasteiger partial charge in [-0.2, -0.15) is 0 Å². The van der Waals surface area contributed by atoms with E-state index in [1.165, 1.54) is 19.1 Å². The zero-order valence-electron chi connectivity index (χ0n) is 9.60. The fourth-order valence-corrected chi connectivity index (χ4v) is 2.16. The molecule has 4 nitrogen and oxygen atoms in total. The van der Waals surface area contributed by atoms with Crippen LogP contribution in [-0.2, 0) is 14.8 Å². The van der Waals surface area contributed by atoms with Gasteiger partial charge in [0.15, 0.2) is 0 Å². The number of aryl methyl sites for hydroxylation is 1. The summed E-state index contributed by atoms with van der Waals surface area (Å²) in [6, 6.07) is 6.03. The summed E-state index contributed by atoms with van der Waals surface area (Å²) >= 11 is 0. The van der Waals surface area contributed by atoms with Crippen molar-refractivity contribution in [3.8, 4) is 0 Å². The molecule has 0 aliphatic rings. The second kappa shape index (κ2) is 5.27. The quantitative estimate of drug-likeness (QED) is 0.889. The van der Waals surface area contributed by atoms with E-state index in [-0.39, 0.29) is 4.90 Å². The van der Waals surface area contributed by atoms with E-state index in [9.17, 15) is 17.6 Å². The lowest BCUT2D eigenvalue weighted by atomic mass is 10.2. The molecule has 17 heavy (non-hydrogen) atoms. The SMILES string of the molecule is Cc1ccc(S(=O)(=O)NC(=O)C(C)CF)cc1. The average molecular weight is 259 g/mol. The molecule has 0 bridgehead atoms. The number of benzene rings is 1. The Morgan fingerprint density at radius 2 is 1.88 bits per heavy atom. The summed E-state index contributed by atoms with van der Waals surface area (Å²) in [7, 11) is -3.90. The molecule has 1 N–H and O–H groups in total. The lowest BCUT2D eigenvalue weighted by Crippen LogP contribution is -2.35. The number of sulfonamides is 1. The molecule has 0 saturated carbocycles. The first-order valence-corrected chi connectivity index (χ1v) is 6.54. The number of nitrogens with one attached hydrogen (secondary N) is 1. The Bertz CT molecular complexity index is 496. The Morgan fingerprint density at radius 1 is 1.35 bits per heavy atom. The number of halogens is 1. The van der Waals surface area contributed by atoms with E-state index in [2.05, 4.69) is 0 Å². The first-order valence-electron chi connectivity index (χ1n) is 5.06. The highest BCUT2D eigenvalue weighted by Crippen LogP contribution is 2.10. The maximum Gasteiger partial charge on any atom is 0.264 e. The number of rotatable bonds is 4. The fraction of sp³-hybridized carbons (Fsp3) is 0.364. The van der Waals surface area contributed by atoms with Gasteiger partial charge in [-0.1, -0.05) is 24.6 Å². The molecular weight excluding hydrogens is 245 g/mol. The smallest absolute Gasteiger partial charge is 0.264 e. The third-order valence-corrected chi connectivity index (χ3v) is 3.61. The predicted octanol–water partition coefficient (Wildman–Crippen LogP) is 1.41. The molecule has 1 aromatic rings. The minimum atomic E-state index is -3.90. The maximum atomic E-state index is 12.2. The van der Waals surface area contributed by atoms with E-state index in [0.29, 0.717) is 0 Å². The summed E-state index contributed by atoms with van der Waals surface area (Å²) in [6.07, 6.45) is 0. The Kier molecular flexibility index (Phi) is 4.22. The van der Waals surface area contributed by atoms with Crippen LogP contribution in [0.5, 0.6) is 0 Å². The van der Waals surface area contributed by atoms with Crippen LogP contribution in [0.2, 0.25) is 0 Å². The molecule has 0 radical (unpaired) electrons. The van der Waals surface area contributed by atoms with Crippen molar-refractivity contribution < 1.29 is 17.6 Å². The van der Waals surface area contributed by atoms with Crippen LogP contribution in [0.15, 0.2) is 29.2 Å². The molecule has 0 aliphatic carbocycles. The second-order valence-electron chi connectivity index (χ2n) is 3.84. The number of carbonyl (C=O) groups excluding carboxylic acids is 1. The molecule has 94 valence electrons. The van der Waals surface area contributed by atoms with Gasteiger partial charge in [0.05, 0.1) is 10.8 Å². The van der Waals surface area contributed by atoms with E-state index in [1.807, 2.05) is 11.6 Å². The van der Waals surface area contributed by atoms with Gasteiger partial charge < -0.3 is 0 Å². The number of carbonyl (C=O) groups is 1. The molecule has 0 fully saturated rings. The lowest BCUT2D eigenvalue weighted by Gasteiger charge is -2.09. The zero-order chi connectivity index (χ0) is 13.1. The fourth-order valence-electron chi connectivity index (χ4n) is 1.08. The summed E-state index contributed by atoms with van der Waals surface area (Å²) in [6.45, 7) is 2.25. The summed E-state index contributed by atoms with van der Waals surface area (Å²) in [4.78, 5) is 11.3. The van der Waals surface area contributed by atoms with Crippen LogP contribution in [0.1, 0.15) is 12.5 Å². The molecule has 1 unspecified atom stereocenters. The van der Waals surface area contributed by atoms with Crippen molar-refractivity contribution in [2.24, 2.45) is 5.92 Å². The van der Waals surface area contributed by atoms with Crippen LogP contribution in [0.3, 0.4) is 0 Å². The highest BCUT2D eigenvalue weighted by Gasteiger charge is 2.21. The van der Waals surface area contributed by atoms with Crippen LogP contribution in [0, 0.1) is 12.8 Å².